The van der Waals surface area contributed by atoms with Crippen molar-refractivity contribution in [2.24, 2.45) is 5.92 Å². The van der Waals surface area contributed by atoms with Crippen LogP contribution in [0.15, 0.2) is 34.9 Å². The molecule has 0 unspecified atom stereocenters. The number of nitrogens with one attached hydrogen (secondary N) is 1. The average molecular weight is 469 g/mol. The first-order chi connectivity index (χ1) is 12.9. The third-order valence-corrected chi connectivity index (χ3v) is 6.55. The maximum absolute atomic E-state index is 9.75. The molecule has 0 radical (unpaired) electrons. The summed E-state index contributed by atoms with van der Waals surface area (Å²) in [4.78, 5) is 5.66. The number of aliphatic hydroxyl groups excluding tert-OH is 1. The SMILES string of the molecule is CC(C)C[C@H](CO)NC1=CN(SCc2cccc(Br)c2)Cc2sc(N)nc21. The second-order valence-corrected chi connectivity index (χ2v) is 10.0. The third-order valence-electron chi connectivity index (χ3n) is 4.16. The molecule has 1 aromatic carbocycles. The summed E-state index contributed by atoms with van der Waals surface area (Å²) in [7, 11) is 0. The van der Waals surface area contributed by atoms with Gasteiger partial charge in [-0.05, 0) is 42.0 Å². The second-order valence-electron chi connectivity index (χ2n) is 7.00. The fraction of sp³-hybridized carbons (Fsp3) is 0.421. The van der Waals surface area contributed by atoms with Crippen molar-refractivity contribution in [2.75, 3.05) is 12.3 Å². The normalized spacial score (nSPS) is 14.9. The smallest absolute Gasteiger partial charge is 0.180 e. The van der Waals surface area contributed by atoms with Crippen molar-refractivity contribution < 1.29 is 5.11 Å². The molecule has 3 rings (SSSR count). The molecule has 27 heavy (non-hydrogen) atoms. The molecule has 146 valence electrons. The number of thiazole rings is 1. The molecule has 2 aromatic rings. The fourth-order valence-electron chi connectivity index (χ4n) is 3.02. The topological polar surface area (TPSA) is 74.4 Å². The summed E-state index contributed by atoms with van der Waals surface area (Å²) >= 11 is 6.81. The standard InChI is InChI=1S/C19H25BrN4OS2/c1-12(2)6-15(10-25)22-16-8-24(9-17-18(16)23-19(21)27-17)26-11-13-4-3-5-14(20)7-13/h3-5,7-8,12,15,22,25H,6,9-11H2,1-2H3,(H2,21,23)/t15-/m1/s1. The number of anilines is 1. The lowest BCUT2D eigenvalue weighted by atomic mass is 10.0. The molecule has 1 aliphatic rings. The molecule has 8 heteroatoms. The van der Waals surface area contributed by atoms with E-state index < -0.39 is 0 Å². The number of fused-ring (bicyclic) bond motifs is 1. The number of hydrogen-bond acceptors (Lipinski definition) is 7. The molecule has 0 bridgehead atoms. The van der Waals surface area contributed by atoms with Gasteiger partial charge in [0.1, 0.15) is 5.69 Å². The third kappa shape index (κ3) is 5.63. The Kier molecular flexibility index (Phi) is 7.08. The van der Waals surface area contributed by atoms with Gasteiger partial charge in [0.25, 0.3) is 0 Å². The van der Waals surface area contributed by atoms with Gasteiger partial charge in [0.15, 0.2) is 5.13 Å². The summed E-state index contributed by atoms with van der Waals surface area (Å²) in [5.74, 6) is 1.38. The molecule has 1 atom stereocenters. The predicted molar refractivity (Wildman–Crippen MR) is 119 cm³/mol. The first-order valence-electron chi connectivity index (χ1n) is 8.93. The number of nitrogen functional groups attached to an aromatic ring is 1. The lowest BCUT2D eigenvalue weighted by Crippen LogP contribution is -2.34. The molecule has 0 fully saturated rings. The molecule has 2 heterocycles. The van der Waals surface area contributed by atoms with Crippen LogP contribution in [0.25, 0.3) is 5.70 Å². The molecule has 1 aromatic heterocycles. The van der Waals surface area contributed by atoms with E-state index in [4.69, 9.17) is 5.73 Å². The van der Waals surface area contributed by atoms with Crippen LogP contribution < -0.4 is 11.1 Å². The van der Waals surface area contributed by atoms with Gasteiger partial charge >= 0.3 is 0 Å². The Morgan fingerprint density at radius 2 is 2.26 bits per heavy atom. The van der Waals surface area contributed by atoms with E-state index >= 15 is 0 Å². The minimum atomic E-state index is 0.00190. The van der Waals surface area contributed by atoms with Crippen LogP contribution in [0, 0.1) is 5.92 Å². The van der Waals surface area contributed by atoms with E-state index in [1.54, 1.807) is 11.9 Å². The minimum absolute atomic E-state index is 0.00190. The first kappa shape index (κ1) is 20.5. The lowest BCUT2D eigenvalue weighted by molar-refractivity contribution is 0.236. The number of benzene rings is 1. The van der Waals surface area contributed by atoms with Crippen LogP contribution in [0.2, 0.25) is 0 Å². The number of aromatic nitrogens is 1. The summed E-state index contributed by atoms with van der Waals surface area (Å²) in [5, 5.41) is 13.8. The number of nitrogens with zero attached hydrogens (tertiary/aromatic N) is 2. The Bertz CT molecular complexity index is 809. The largest absolute Gasteiger partial charge is 0.394 e. The van der Waals surface area contributed by atoms with Crippen molar-refractivity contribution in [2.45, 2.75) is 38.6 Å². The highest BCUT2D eigenvalue weighted by Crippen LogP contribution is 2.35. The van der Waals surface area contributed by atoms with Gasteiger partial charge in [-0.2, -0.15) is 0 Å². The van der Waals surface area contributed by atoms with Crippen molar-refractivity contribution in [3.05, 3.63) is 51.1 Å². The Hall–Kier alpha value is -1.22. The molecule has 4 N–H and O–H groups in total. The first-order valence-corrected chi connectivity index (χ1v) is 11.5. The van der Waals surface area contributed by atoms with E-state index in [1.165, 1.54) is 16.9 Å². The number of nitrogens with two attached hydrogens (primary N) is 1. The highest BCUT2D eigenvalue weighted by atomic mass is 79.9. The molecular formula is C19H25BrN4OS2. The lowest BCUT2D eigenvalue weighted by Gasteiger charge is -2.28. The Morgan fingerprint density at radius 1 is 1.44 bits per heavy atom. The monoisotopic (exact) mass is 468 g/mol. The zero-order chi connectivity index (χ0) is 19.4. The molecule has 0 aliphatic carbocycles. The molecule has 0 saturated carbocycles. The summed E-state index contributed by atoms with van der Waals surface area (Å²) < 4.78 is 3.31. The van der Waals surface area contributed by atoms with Gasteiger partial charge in [-0.15, -0.1) is 0 Å². The summed E-state index contributed by atoms with van der Waals surface area (Å²) in [6, 6.07) is 8.36. The van der Waals surface area contributed by atoms with Gasteiger partial charge in [-0.3, -0.25) is 0 Å². The highest BCUT2D eigenvalue weighted by molar-refractivity contribution is 9.10. The van der Waals surface area contributed by atoms with E-state index in [0.717, 1.165) is 39.5 Å². The van der Waals surface area contributed by atoms with Gasteiger partial charge in [-0.1, -0.05) is 53.2 Å². The van der Waals surface area contributed by atoms with Crippen LogP contribution >= 0.6 is 39.2 Å². The van der Waals surface area contributed by atoms with Crippen molar-refractivity contribution in [1.29, 1.82) is 0 Å². The van der Waals surface area contributed by atoms with Gasteiger partial charge in [0.05, 0.1) is 23.7 Å². The maximum Gasteiger partial charge on any atom is 0.180 e. The van der Waals surface area contributed by atoms with Crippen LogP contribution in [-0.2, 0) is 12.3 Å². The van der Waals surface area contributed by atoms with Crippen LogP contribution in [-0.4, -0.2) is 27.0 Å². The molecule has 0 amide bonds. The van der Waals surface area contributed by atoms with Crippen molar-refractivity contribution >= 4 is 50.0 Å². The Morgan fingerprint density at radius 3 is 2.96 bits per heavy atom. The molecule has 1 aliphatic heterocycles. The Labute approximate surface area is 177 Å². The number of aliphatic hydroxyl groups is 1. The van der Waals surface area contributed by atoms with E-state index in [9.17, 15) is 5.11 Å². The zero-order valence-corrected chi connectivity index (χ0v) is 18.7. The van der Waals surface area contributed by atoms with E-state index in [1.807, 2.05) is 6.07 Å². The summed E-state index contributed by atoms with van der Waals surface area (Å²) in [6.07, 6.45) is 2.99. The fourth-order valence-corrected chi connectivity index (χ4v) is 5.29. The number of hydrogen-bond donors (Lipinski definition) is 3. The van der Waals surface area contributed by atoms with Gasteiger partial charge in [0, 0.05) is 22.5 Å². The van der Waals surface area contributed by atoms with Crippen molar-refractivity contribution in [1.82, 2.24) is 14.6 Å². The summed E-state index contributed by atoms with van der Waals surface area (Å²) in [6.45, 7) is 5.19. The van der Waals surface area contributed by atoms with E-state index in [-0.39, 0.29) is 12.6 Å². The van der Waals surface area contributed by atoms with Gasteiger partial charge in [-0.25, -0.2) is 4.98 Å². The molecule has 5 nitrogen and oxygen atoms in total. The number of rotatable bonds is 8. The highest BCUT2D eigenvalue weighted by Gasteiger charge is 2.24. The number of halogens is 1. The van der Waals surface area contributed by atoms with E-state index in [2.05, 4.69) is 68.8 Å². The summed E-state index contributed by atoms with van der Waals surface area (Å²) in [5.41, 5.74) is 9.08. The second kappa shape index (κ2) is 9.32. The van der Waals surface area contributed by atoms with Crippen LogP contribution in [0.4, 0.5) is 5.13 Å². The molecule has 0 saturated heterocycles. The molecular weight excluding hydrogens is 444 g/mol. The van der Waals surface area contributed by atoms with Gasteiger partial charge in [0.2, 0.25) is 0 Å². The van der Waals surface area contributed by atoms with Crippen molar-refractivity contribution in [3.8, 4) is 0 Å². The quantitative estimate of drug-likeness (QED) is 0.497. The van der Waals surface area contributed by atoms with Crippen LogP contribution in [0.3, 0.4) is 0 Å². The average Bonchev–Trinajstić information content (AvgIpc) is 2.99. The van der Waals surface area contributed by atoms with Crippen LogP contribution in [0.5, 0.6) is 0 Å². The van der Waals surface area contributed by atoms with Gasteiger partial charge < -0.3 is 20.5 Å². The predicted octanol–water partition coefficient (Wildman–Crippen LogP) is 4.45. The zero-order valence-electron chi connectivity index (χ0n) is 15.5. The Balaban J connectivity index is 1.75. The van der Waals surface area contributed by atoms with Crippen LogP contribution in [0.1, 0.15) is 36.4 Å². The van der Waals surface area contributed by atoms with Crippen molar-refractivity contribution in [3.63, 3.8) is 0 Å². The maximum atomic E-state index is 9.75. The molecule has 0 spiro atoms. The minimum Gasteiger partial charge on any atom is -0.394 e. The van der Waals surface area contributed by atoms with E-state index in [0.29, 0.717) is 11.0 Å².